The number of carbonyl (C=O) groups is 1. The van der Waals surface area contributed by atoms with E-state index in [1.807, 2.05) is 18.2 Å². The molecule has 1 aliphatic rings. The average Bonchev–Trinajstić information content (AvgIpc) is 2.39. The molecule has 3 nitrogen and oxygen atoms in total. The van der Waals surface area contributed by atoms with Gasteiger partial charge in [-0.05, 0) is 36.4 Å². The summed E-state index contributed by atoms with van der Waals surface area (Å²) in [6.07, 6.45) is 3.23. The maximum atomic E-state index is 12.3. The SMILES string of the molecule is CC(C)(C)c1ccccc1NC(=O)[C@@H]1CCCCN1.Cl. The Hall–Kier alpha value is -1.06. The summed E-state index contributed by atoms with van der Waals surface area (Å²) in [5, 5.41) is 6.37. The quantitative estimate of drug-likeness (QED) is 0.877. The fourth-order valence-electron chi connectivity index (χ4n) is 2.54. The maximum Gasteiger partial charge on any atom is 0.241 e. The molecule has 1 fully saturated rings. The molecule has 1 saturated heterocycles. The number of rotatable bonds is 2. The van der Waals surface area contributed by atoms with Crippen molar-refractivity contribution in [3.63, 3.8) is 0 Å². The smallest absolute Gasteiger partial charge is 0.241 e. The molecule has 112 valence electrons. The van der Waals surface area contributed by atoms with Crippen molar-refractivity contribution in [2.24, 2.45) is 0 Å². The molecule has 2 rings (SSSR count). The minimum Gasteiger partial charge on any atom is -0.324 e. The van der Waals surface area contributed by atoms with Gasteiger partial charge in [0.2, 0.25) is 5.91 Å². The first-order chi connectivity index (χ1) is 8.98. The van der Waals surface area contributed by atoms with E-state index in [9.17, 15) is 4.79 Å². The van der Waals surface area contributed by atoms with Gasteiger partial charge in [-0.1, -0.05) is 45.4 Å². The number of halogens is 1. The number of hydrogen-bond donors (Lipinski definition) is 2. The van der Waals surface area contributed by atoms with E-state index >= 15 is 0 Å². The highest BCUT2D eigenvalue weighted by atomic mass is 35.5. The number of hydrogen-bond acceptors (Lipinski definition) is 2. The van der Waals surface area contributed by atoms with Gasteiger partial charge in [-0.25, -0.2) is 0 Å². The molecule has 2 N–H and O–H groups in total. The predicted molar refractivity (Wildman–Crippen MR) is 86.7 cm³/mol. The lowest BCUT2D eigenvalue weighted by molar-refractivity contribution is -0.118. The van der Waals surface area contributed by atoms with Crippen molar-refractivity contribution in [3.8, 4) is 0 Å². The van der Waals surface area contributed by atoms with Gasteiger partial charge >= 0.3 is 0 Å². The van der Waals surface area contributed by atoms with E-state index in [4.69, 9.17) is 0 Å². The van der Waals surface area contributed by atoms with Crippen molar-refractivity contribution in [2.45, 2.75) is 51.5 Å². The van der Waals surface area contributed by atoms with Crippen LogP contribution in [0.1, 0.15) is 45.6 Å². The zero-order valence-corrected chi connectivity index (χ0v) is 13.3. The predicted octanol–water partition coefficient (Wildman–Crippen LogP) is 3.49. The number of piperidine rings is 1. The highest BCUT2D eigenvalue weighted by Gasteiger charge is 2.23. The Bertz CT molecular complexity index is 448. The van der Waals surface area contributed by atoms with Crippen LogP contribution in [-0.2, 0) is 10.2 Å². The number of benzene rings is 1. The van der Waals surface area contributed by atoms with Crippen LogP contribution in [0, 0.1) is 0 Å². The summed E-state index contributed by atoms with van der Waals surface area (Å²) in [6, 6.07) is 8.03. The highest BCUT2D eigenvalue weighted by molar-refractivity contribution is 5.95. The van der Waals surface area contributed by atoms with Crippen molar-refractivity contribution in [3.05, 3.63) is 29.8 Å². The standard InChI is InChI=1S/C16H24N2O.ClH/c1-16(2,3)12-8-4-5-9-13(12)18-15(19)14-10-6-7-11-17-14;/h4-5,8-9,14,17H,6-7,10-11H2,1-3H3,(H,18,19);1H/t14-;/m0./s1. The molecule has 1 aromatic rings. The first-order valence-electron chi connectivity index (χ1n) is 7.12. The van der Waals surface area contributed by atoms with Crippen molar-refractivity contribution < 1.29 is 4.79 Å². The van der Waals surface area contributed by atoms with E-state index < -0.39 is 0 Å². The van der Waals surface area contributed by atoms with Gasteiger partial charge in [0.1, 0.15) is 0 Å². The van der Waals surface area contributed by atoms with Crippen LogP contribution in [0.15, 0.2) is 24.3 Å². The van der Waals surface area contributed by atoms with Crippen LogP contribution in [0.5, 0.6) is 0 Å². The summed E-state index contributed by atoms with van der Waals surface area (Å²) >= 11 is 0. The monoisotopic (exact) mass is 296 g/mol. The lowest BCUT2D eigenvalue weighted by atomic mass is 9.85. The van der Waals surface area contributed by atoms with E-state index in [-0.39, 0.29) is 29.8 Å². The van der Waals surface area contributed by atoms with E-state index in [0.29, 0.717) is 0 Å². The summed E-state index contributed by atoms with van der Waals surface area (Å²) in [5.41, 5.74) is 2.15. The molecule has 1 atom stereocenters. The lowest BCUT2D eigenvalue weighted by Gasteiger charge is -2.26. The van der Waals surface area contributed by atoms with Crippen molar-refractivity contribution in [1.82, 2.24) is 5.32 Å². The van der Waals surface area contributed by atoms with Gasteiger partial charge in [0, 0.05) is 5.69 Å². The van der Waals surface area contributed by atoms with Crippen LogP contribution in [0.4, 0.5) is 5.69 Å². The summed E-state index contributed by atoms with van der Waals surface area (Å²) in [4.78, 5) is 12.3. The fourth-order valence-corrected chi connectivity index (χ4v) is 2.54. The third-order valence-corrected chi connectivity index (χ3v) is 3.62. The van der Waals surface area contributed by atoms with Crippen LogP contribution in [0.2, 0.25) is 0 Å². The molecule has 4 heteroatoms. The molecular weight excluding hydrogens is 272 g/mol. The number of para-hydroxylation sites is 1. The second-order valence-corrected chi connectivity index (χ2v) is 6.29. The summed E-state index contributed by atoms with van der Waals surface area (Å²) in [7, 11) is 0. The van der Waals surface area contributed by atoms with Crippen LogP contribution in [0.25, 0.3) is 0 Å². The molecule has 0 aromatic heterocycles. The molecule has 0 unspecified atom stereocenters. The highest BCUT2D eigenvalue weighted by Crippen LogP contribution is 2.29. The number of carbonyl (C=O) groups excluding carboxylic acids is 1. The van der Waals surface area contributed by atoms with Gasteiger partial charge in [0.05, 0.1) is 6.04 Å². The molecule has 0 aliphatic carbocycles. The first-order valence-corrected chi connectivity index (χ1v) is 7.12. The van der Waals surface area contributed by atoms with Gasteiger partial charge in [-0.2, -0.15) is 0 Å². The zero-order chi connectivity index (χ0) is 13.9. The van der Waals surface area contributed by atoms with E-state index in [1.54, 1.807) is 0 Å². The molecule has 0 bridgehead atoms. The molecule has 0 radical (unpaired) electrons. The Morgan fingerprint density at radius 3 is 2.55 bits per heavy atom. The Morgan fingerprint density at radius 1 is 1.25 bits per heavy atom. The first kappa shape index (κ1) is 17.0. The van der Waals surface area contributed by atoms with Gasteiger partial charge in [0.15, 0.2) is 0 Å². The molecule has 20 heavy (non-hydrogen) atoms. The minimum atomic E-state index is -0.0400. The molecule has 0 saturated carbocycles. The van der Waals surface area contributed by atoms with E-state index in [2.05, 4.69) is 37.5 Å². The summed E-state index contributed by atoms with van der Waals surface area (Å²) in [5.74, 6) is 0.0939. The number of anilines is 1. The van der Waals surface area contributed by atoms with Crippen molar-refractivity contribution >= 4 is 24.0 Å². The van der Waals surface area contributed by atoms with Crippen LogP contribution < -0.4 is 10.6 Å². The van der Waals surface area contributed by atoms with Gasteiger partial charge in [0.25, 0.3) is 0 Å². The Morgan fingerprint density at radius 2 is 1.95 bits per heavy atom. The second kappa shape index (κ2) is 7.09. The minimum absolute atomic E-state index is 0. The lowest BCUT2D eigenvalue weighted by Crippen LogP contribution is -2.43. The topological polar surface area (TPSA) is 41.1 Å². The van der Waals surface area contributed by atoms with Gasteiger partial charge in [-0.3, -0.25) is 4.79 Å². The normalized spacial score (nSPS) is 19.1. The molecule has 1 aromatic carbocycles. The van der Waals surface area contributed by atoms with Crippen LogP contribution >= 0.6 is 12.4 Å². The van der Waals surface area contributed by atoms with E-state index in [0.717, 1.165) is 25.1 Å². The fraction of sp³-hybridized carbons (Fsp3) is 0.562. The zero-order valence-electron chi connectivity index (χ0n) is 12.5. The summed E-state index contributed by atoms with van der Waals surface area (Å²) < 4.78 is 0. The summed E-state index contributed by atoms with van der Waals surface area (Å²) in [6.45, 7) is 7.43. The third-order valence-electron chi connectivity index (χ3n) is 3.62. The molecule has 0 spiro atoms. The third kappa shape index (κ3) is 4.22. The van der Waals surface area contributed by atoms with E-state index in [1.165, 1.54) is 12.0 Å². The number of nitrogens with one attached hydrogen (secondary N) is 2. The van der Waals surface area contributed by atoms with Crippen molar-refractivity contribution in [1.29, 1.82) is 0 Å². The number of amides is 1. The van der Waals surface area contributed by atoms with Gasteiger partial charge in [-0.15, -0.1) is 12.4 Å². The Kier molecular flexibility index (Phi) is 6.03. The molecule has 1 amide bonds. The van der Waals surface area contributed by atoms with Crippen molar-refractivity contribution in [2.75, 3.05) is 11.9 Å². The van der Waals surface area contributed by atoms with Crippen LogP contribution in [0.3, 0.4) is 0 Å². The maximum absolute atomic E-state index is 12.3. The van der Waals surface area contributed by atoms with Crippen LogP contribution in [-0.4, -0.2) is 18.5 Å². The average molecular weight is 297 g/mol. The molecule has 1 heterocycles. The molecule has 1 aliphatic heterocycles. The largest absolute Gasteiger partial charge is 0.324 e. The Balaban J connectivity index is 0.00000200. The Labute approximate surface area is 127 Å². The molecular formula is C16H25ClN2O. The van der Waals surface area contributed by atoms with Gasteiger partial charge < -0.3 is 10.6 Å². The second-order valence-electron chi connectivity index (χ2n) is 6.29.